The van der Waals surface area contributed by atoms with Crippen molar-refractivity contribution in [3.8, 4) is 11.8 Å². The Balaban J connectivity index is 1.38. The van der Waals surface area contributed by atoms with Gasteiger partial charge in [-0.25, -0.2) is 14.8 Å². The largest absolute Gasteiger partial charge is 0.392 e. The fourth-order valence-electron chi connectivity index (χ4n) is 4.44. The number of hydrogen-bond acceptors (Lipinski definition) is 5. The third kappa shape index (κ3) is 7.59. The highest BCUT2D eigenvalue weighted by atomic mass is 19.1. The number of aliphatic hydroxyl groups is 1. The second-order valence-electron chi connectivity index (χ2n) is 9.18. The molecule has 1 aliphatic rings. The molecular formula is C29H32FN5O2. The van der Waals surface area contributed by atoms with Gasteiger partial charge in [-0.2, -0.15) is 4.39 Å². The van der Waals surface area contributed by atoms with Gasteiger partial charge in [-0.1, -0.05) is 31.4 Å². The summed E-state index contributed by atoms with van der Waals surface area (Å²) < 4.78 is 13.4. The van der Waals surface area contributed by atoms with Crippen molar-refractivity contribution in [1.82, 2.24) is 14.9 Å². The Morgan fingerprint density at radius 2 is 1.97 bits per heavy atom. The summed E-state index contributed by atoms with van der Waals surface area (Å²) in [4.78, 5) is 22.7. The quantitative estimate of drug-likeness (QED) is 0.308. The molecule has 0 bridgehead atoms. The molecule has 1 fully saturated rings. The zero-order valence-corrected chi connectivity index (χ0v) is 21.0. The third-order valence-corrected chi connectivity index (χ3v) is 6.50. The van der Waals surface area contributed by atoms with Crippen molar-refractivity contribution in [2.75, 3.05) is 30.3 Å². The molecule has 1 aliphatic heterocycles. The van der Waals surface area contributed by atoms with Gasteiger partial charge in [0.25, 0.3) is 0 Å². The van der Waals surface area contributed by atoms with Gasteiger partial charge in [0.1, 0.15) is 5.69 Å². The first-order chi connectivity index (χ1) is 18.0. The van der Waals surface area contributed by atoms with Gasteiger partial charge in [0.2, 0.25) is 5.95 Å². The van der Waals surface area contributed by atoms with Crippen LogP contribution in [0.25, 0.3) is 0 Å². The lowest BCUT2D eigenvalue weighted by molar-refractivity contribution is 0.209. The van der Waals surface area contributed by atoms with Crippen LogP contribution in [0.2, 0.25) is 0 Å². The molecule has 192 valence electrons. The normalized spacial score (nSPS) is 14.0. The van der Waals surface area contributed by atoms with E-state index < -0.39 is 12.0 Å². The van der Waals surface area contributed by atoms with Crippen molar-refractivity contribution in [1.29, 1.82) is 0 Å². The van der Waals surface area contributed by atoms with Crippen LogP contribution in [0.1, 0.15) is 60.9 Å². The summed E-state index contributed by atoms with van der Waals surface area (Å²) in [7, 11) is 0. The van der Waals surface area contributed by atoms with Crippen molar-refractivity contribution < 1.29 is 14.3 Å². The monoisotopic (exact) mass is 501 g/mol. The van der Waals surface area contributed by atoms with Crippen molar-refractivity contribution in [2.24, 2.45) is 0 Å². The summed E-state index contributed by atoms with van der Waals surface area (Å²) in [6.07, 6.45) is 7.58. The van der Waals surface area contributed by atoms with Crippen LogP contribution in [-0.4, -0.2) is 45.6 Å². The summed E-state index contributed by atoms with van der Waals surface area (Å²) >= 11 is 0. The molecule has 7 nitrogen and oxygen atoms in total. The van der Waals surface area contributed by atoms with Crippen molar-refractivity contribution in [2.45, 2.75) is 45.1 Å². The highest BCUT2D eigenvalue weighted by Crippen LogP contribution is 2.28. The maximum atomic E-state index is 13.4. The molecule has 0 radical (unpaired) electrons. The Labute approximate surface area is 217 Å². The van der Waals surface area contributed by atoms with Gasteiger partial charge in [-0.3, -0.25) is 0 Å². The Hall–Kier alpha value is -3.80. The summed E-state index contributed by atoms with van der Waals surface area (Å²) in [5, 5.41) is 14.6. The number of unbranched alkanes of at least 4 members (excludes halogenated alkanes) is 1. The number of nitrogens with zero attached hydrogens (tertiary/aromatic N) is 3. The van der Waals surface area contributed by atoms with E-state index in [4.69, 9.17) is 0 Å². The van der Waals surface area contributed by atoms with Crippen molar-refractivity contribution in [3.05, 3.63) is 83.2 Å². The number of piperidine rings is 1. The predicted molar refractivity (Wildman–Crippen MR) is 143 cm³/mol. The standard InChI is InChI=1S/C29H32FN5O2/c1-2-3-13-35-14-10-22(11-15-35)23-6-4-5-21(16-23)7-8-25-17-26(9-12-31-25)33-29(37)34-27-18-28(30)32-19-24(27)20-36/h4-6,9,12,16-19,22,36H,2-3,10-11,13-15,20H2,1H3,(H2,31,32,33,34,37). The number of rotatable bonds is 7. The summed E-state index contributed by atoms with van der Waals surface area (Å²) in [5.74, 6) is 6.07. The molecule has 0 aliphatic carbocycles. The number of nitrogens with one attached hydrogen (secondary N) is 2. The van der Waals surface area contributed by atoms with E-state index in [1.807, 2.05) is 6.07 Å². The summed E-state index contributed by atoms with van der Waals surface area (Å²) in [5.41, 5.74) is 3.71. The summed E-state index contributed by atoms with van der Waals surface area (Å²) in [6.45, 7) is 5.35. The number of halogens is 1. The van der Waals surface area contributed by atoms with E-state index in [2.05, 4.69) is 62.5 Å². The molecule has 8 heteroatoms. The lowest BCUT2D eigenvalue weighted by atomic mass is 9.88. The van der Waals surface area contributed by atoms with Crippen LogP contribution in [0.4, 0.5) is 20.6 Å². The van der Waals surface area contributed by atoms with Crippen LogP contribution in [0.5, 0.6) is 0 Å². The molecule has 0 atom stereocenters. The molecule has 2 amide bonds. The van der Waals surface area contributed by atoms with E-state index in [1.165, 1.54) is 44.0 Å². The van der Waals surface area contributed by atoms with Crippen molar-refractivity contribution >= 4 is 17.4 Å². The lowest BCUT2D eigenvalue weighted by Crippen LogP contribution is -2.33. The van der Waals surface area contributed by atoms with E-state index in [0.717, 1.165) is 24.7 Å². The average molecular weight is 502 g/mol. The van der Waals surface area contributed by atoms with Crippen molar-refractivity contribution in [3.63, 3.8) is 0 Å². The molecule has 37 heavy (non-hydrogen) atoms. The molecule has 3 heterocycles. The molecule has 1 saturated heterocycles. The number of amides is 2. The zero-order valence-electron chi connectivity index (χ0n) is 21.0. The Morgan fingerprint density at radius 3 is 2.76 bits per heavy atom. The van der Waals surface area contributed by atoms with Gasteiger partial charge in [-0.05, 0) is 80.6 Å². The first-order valence-corrected chi connectivity index (χ1v) is 12.7. The average Bonchev–Trinajstić information content (AvgIpc) is 2.91. The van der Waals surface area contributed by atoms with E-state index >= 15 is 0 Å². The molecule has 0 spiro atoms. The van der Waals surface area contributed by atoms with Gasteiger partial charge in [-0.15, -0.1) is 0 Å². The van der Waals surface area contributed by atoms with E-state index in [9.17, 15) is 14.3 Å². The van der Waals surface area contributed by atoms with Crippen LogP contribution in [0, 0.1) is 17.8 Å². The number of carbonyl (C=O) groups is 1. The first-order valence-electron chi connectivity index (χ1n) is 12.7. The van der Waals surface area contributed by atoms with Gasteiger partial charge in [0, 0.05) is 35.3 Å². The van der Waals surface area contributed by atoms with Crippen LogP contribution in [0.15, 0.2) is 54.9 Å². The van der Waals surface area contributed by atoms with Crippen LogP contribution in [0.3, 0.4) is 0 Å². The zero-order chi connectivity index (χ0) is 26.0. The number of likely N-dealkylation sites (tertiary alicyclic amines) is 1. The van der Waals surface area contributed by atoms with Crippen LogP contribution < -0.4 is 10.6 Å². The predicted octanol–water partition coefficient (Wildman–Crippen LogP) is 5.13. The minimum Gasteiger partial charge on any atom is -0.392 e. The first kappa shape index (κ1) is 26.3. The van der Waals surface area contributed by atoms with Crippen LogP contribution >= 0.6 is 0 Å². The molecule has 4 rings (SSSR count). The molecule has 2 aromatic heterocycles. The maximum Gasteiger partial charge on any atom is 0.323 e. The molecular weight excluding hydrogens is 469 g/mol. The number of carbonyl (C=O) groups excluding carboxylic acids is 1. The minimum absolute atomic E-state index is 0.146. The molecule has 1 aromatic carbocycles. The minimum atomic E-state index is -0.754. The van der Waals surface area contributed by atoms with E-state index in [0.29, 0.717) is 22.9 Å². The SMILES string of the molecule is CCCCN1CCC(c2cccc(C#Cc3cc(NC(=O)Nc4cc(F)ncc4CO)ccn3)c2)CC1. The van der Waals surface area contributed by atoms with E-state index in [-0.39, 0.29) is 12.3 Å². The van der Waals surface area contributed by atoms with Crippen LogP contribution in [-0.2, 0) is 6.61 Å². The second-order valence-corrected chi connectivity index (χ2v) is 9.18. The number of hydrogen-bond donors (Lipinski definition) is 3. The number of aromatic nitrogens is 2. The van der Waals surface area contributed by atoms with Gasteiger partial charge in [0.15, 0.2) is 0 Å². The van der Waals surface area contributed by atoms with Gasteiger partial charge in [0.05, 0.1) is 12.3 Å². The highest BCUT2D eigenvalue weighted by Gasteiger charge is 2.20. The second kappa shape index (κ2) is 12.9. The Bertz CT molecular complexity index is 1280. The smallest absolute Gasteiger partial charge is 0.323 e. The third-order valence-electron chi connectivity index (χ3n) is 6.50. The fraction of sp³-hybridized carbons (Fsp3) is 0.345. The maximum absolute atomic E-state index is 13.4. The molecule has 0 saturated carbocycles. The lowest BCUT2D eigenvalue weighted by Gasteiger charge is -2.32. The Kier molecular flexibility index (Phi) is 9.19. The summed E-state index contributed by atoms with van der Waals surface area (Å²) in [6, 6.07) is 12.2. The molecule has 3 aromatic rings. The topological polar surface area (TPSA) is 90.4 Å². The number of urea groups is 1. The fourth-order valence-corrected chi connectivity index (χ4v) is 4.44. The Morgan fingerprint density at radius 1 is 1.14 bits per heavy atom. The number of anilines is 2. The van der Waals surface area contributed by atoms with Gasteiger partial charge >= 0.3 is 6.03 Å². The highest BCUT2D eigenvalue weighted by molar-refractivity contribution is 6.00. The molecule has 0 unspecified atom stereocenters. The number of aliphatic hydroxyl groups excluding tert-OH is 1. The molecule has 3 N–H and O–H groups in total. The number of benzene rings is 1. The van der Waals surface area contributed by atoms with Gasteiger partial charge < -0.3 is 20.6 Å². The number of pyridine rings is 2. The van der Waals surface area contributed by atoms with E-state index in [1.54, 1.807) is 18.3 Å².